The van der Waals surface area contributed by atoms with Crippen molar-refractivity contribution in [3.8, 4) is 11.8 Å². The summed E-state index contributed by atoms with van der Waals surface area (Å²) in [6.07, 6.45) is 0. The van der Waals surface area contributed by atoms with E-state index in [-0.39, 0.29) is 0 Å². The first-order chi connectivity index (χ1) is 9.72. The molecule has 0 aromatic heterocycles. The first kappa shape index (κ1) is 14.6. The molecule has 1 aromatic rings. The van der Waals surface area contributed by atoms with Crippen LogP contribution in [0.2, 0.25) is 0 Å². The monoisotopic (exact) mass is 274 g/mol. The number of hydrogen-bond acceptors (Lipinski definition) is 5. The van der Waals surface area contributed by atoms with Gasteiger partial charge < -0.3 is 15.0 Å². The molecule has 0 spiro atoms. The maximum atomic E-state index is 9.11. The summed E-state index contributed by atoms with van der Waals surface area (Å²) in [5.74, 6) is 0.770. The Labute approximate surface area is 120 Å². The highest BCUT2D eigenvalue weighted by molar-refractivity contribution is 5.60. The lowest BCUT2D eigenvalue weighted by Gasteiger charge is -2.32. The van der Waals surface area contributed by atoms with E-state index in [4.69, 9.17) is 10.00 Å². The third kappa shape index (κ3) is 3.86. The first-order valence-corrected chi connectivity index (χ1v) is 6.96. The van der Waals surface area contributed by atoms with Crippen molar-refractivity contribution in [1.29, 1.82) is 5.26 Å². The van der Waals surface area contributed by atoms with Crippen LogP contribution in [0.25, 0.3) is 0 Å². The number of nitrogens with one attached hydrogen (secondary N) is 1. The predicted octanol–water partition coefficient (Wildman–Crippen LogP) is 1.23. The minimum absolute atomic E-state index is 0.657. The Morgan fingerprint density at radius 1 is 1.30 bits per heavy atom. The molecule has 0 saturated carbocycles. The van der Waals surface area contributed by atoms with Gasteiger partial charge in [-0.1, -0.05) is 0 Å². The van der Waals surface area contributed by atoms with E-state index < -0.39 is 0 Å². The van der Waals surface area contributed by atoms with Gasteiger partial charge in [0, 0.05) is 45.3 Å². The molecule has 0 amide bonds. The van der Waals surface area contributed by atoms with Crippen molar-refractivity contribution in [3.05, 3.63) is 23.8 Å². The molecule has 20 heavy (non-hydrogen) atoms. The second kappa shape index (κ2) is 7.13. The lowest BCUT2D eigenvalue weighted by Crippen LogP contribution is -2.45. The summed E-state index contributed by atoms with van der Waals surface area (Å²) in [5, 5.41) is 12.5. The van der Waals surface area contributed by atoms with Crippen molar-refractivity contribution in [2.45, 2.75) is 0 Å². The molecule has 5 heteroatoms. The van der Waals surface area contributed by atoms with Crippen LogP contribution < -0.4 is 10.1 Å². The maximum absolute atomic E-state index is 9.11. The molecule has 0 aliphatic carbocycles. The highest BCUT2D eigenvalue weighted by atomic mass is 16.5. The van der Waals surface area contributed by atoms with Crippen molar-refractivity contribution in [3.63, 3.8) is 0 Å². The van der Waals surface area contributed by atoms with Gasteiger partial charge in [0.2, 0.25) is 0 Å². The van der Waals surface area contributed by atoms with E-state index in [1.165, 1.54) is 0 Å². The Kier molecular flexibility index (Phi) is 5.22. The molecule has 1 N–H and O–H groups in total. The zero-order valence-corrected chi connectivity index (χ0v) is 12.2. The molecular formula is C15H22N4O. The zero-order chi connectivity index (χ0) is 14.4. The van der Waals surface area contributed by atoms with E-state index in [2.05, 4.69) is 28.2 Å². The van der Waals surface area contributed by atoms with E-state index in [0.29, 0.717) is 5.56 Å². The SMILES string of the molecule is COc1ccc(C#N)c(NCCN2CCN(C)CC2)c1. The first-order valence-electron chi connectivity index (χ1n) is 6.96. The highest BCUT2D eigenvalue weighted by Gasteiger charge is 2.13. The molecule has 5 nitrogen and oxygen atoms in total. The van der Waals surface area contributed by atoms with Crippen LogP contribution in [0.3, 0.4) is 0 Å². The minimum atomic E-state index is 0.657. The van der Waals surface area contributed by atoms with Crippen LogP contribution in [0.4, 0.5) is 5.69 Å². The Morgan fingerprint density at radius 3 is 2.70 bits per heavy atom. The van der Waals surface area contributed by atoms with Crippen LogP contribution in [-0.4, -0.2) is 63.2 Å². The molecule has 0 unspecified atom stereocenters. The van der Waals surface area contributed by atoms with Crippen LogP contribution in [0.15, 0.2) is 18.2 Å². The third-order valence-corrected chi connectivity index (χ3v) is 3.69. The molecule has 1 heterocycles. The summed E-state index contributed by atoms with van der Waals surface area (Å²) in [5.41, 5.74) is 1.50. The predicted molar refractivity (Wildman–Crippen MR) is 80.1 cm³/mol. The van der Waals surface area contributed by atoms with Crippen molar-refractivity contribution < 1.29 is 4.74 Å². The largest absolute Gasteiger partial charge is 0.497 e. The van der Waals surface area contributed by atoms with Crippen LogP contribution in [0, 0.1) is 11.3 Å². The van der Waals surface area contributed by atoms with Gasteiger partial charge in [-0.15, -0.1) is 0 Å². The lowest BCUT2D eigenvalue weighted by atomic mass is 10.2. The highest BCUT2D eigenvalue weighted by Crippen LogP contribution is 2.21. The van der Waals surface area contributed by atoms with Gasteiger partial charge in [-0.3, -0.25) is 4.90 Å². The molecule has 1 aromatic carbocycles. The number of piperazine rings is 1. The van der Waals surface area contributed by atoms with E-state index in [1.807, 2.05) is 12.1 Å². The number of methoxy groups -OCH3 is 1. The van der Waals surface area contributed by atoms with Gasteiger partial charge in [0.1, 0.15) is 11.8 Å². The molecule has 108 valence electrons. The third-order valence-electron chi connectivity index (χ3n) is 3.69. The van der Waals surface area contributed by atoms with Crippen LogP contribution >= 0.6 is 0 Å². The fourth-order valence-electron chi connectivity index (χ4n) is 2.31. The van der Waals surface area contributed by atoms with Gasteiger partial charge in [-0.25, -0.2) is 0 Å². The van der Waals surface area contributed by atoms with E-state index in [0.717, 1.165) is 50.7 Å². The molecule has 1 saturated heterocycles. The average molecular weight is 274 g/mol. The number of ether oxygens (including phenoxy) is 1. The fourth-order valence-corrected chi connectivity index (χ4v) is 2.31. The molecule has 1 aliphatic heterocycles. The number of nitrogens with zero attached hydrogens (tertiary/aromatic N) is 3. The van der Waals surface area contributed by atoms with E-state index >= 15 is 0 Å². The van der Waals surface area contributed by atoms with Crippen LogP contribution in [0.1, 0.15) is 5.56 Å². The molecular weight excluding hydrogens is 252 g/mol. The minimum Gasteiger partial charge on any atom is -0.497 e. The molecule has 0 atom stereocenters. The molecule has 1 aliphatic rings. The quantitative estimate of drug-likeness (QED) is 0.875. The van der Waals surface area contributed by atoms with Gasteiger partial charge in [0.15, 0.2) is 0 Å². The summed E-state index contributed by atoms with van der Waals surface area (Å²) < 4.78 is 5.20. The Bertz CT molecular complexity index is 475. The van der Waals surface area contributed by atoms with Crippen LogP contribution in [0.5, 0.6) is 5.75 Å². The molecule has 0 bridgehead atoms. The number of nitriles is 1. The number of rotatable bonds is 5. The number of anilines is 1. The smallest absolute Gasteiger partial charge is 0.121 e. The second-order valence-corrected chi connectivity index (χ2v) is 5.10. The fraction of sp³-hybridized carbons (Fsp3) is 0.533. The summed E-state index contributed by atoms with van der Waals surface area (Å²) in [6, 6.07) is 7.68. The maximum Gasteiger partial charge on any atom is 0.121 e. The van der Waals surface area contributed by atoms with Gasteiger partial charge in [0.05, 0.1) is 18.4 Å². The molecule has 2 rings (SSSR count). The molecule has 1 fully saturated rings. The van der Waals surface area contributed by atoms with Crippen LogP contribution in [-0.2, 0) is 0 Å². The standard InChI is InChI=1S/C15H22N4O/c1-18-7-9-19(10-8-18)6-5-17-15-11-14(20-2)4-3-13(15)12-16/h3-4,11,17H,5-10H2,1-2H3. The number of hydrogen-bond donors (Lipinski definition) is 1. The number of likely N-dealkylation sites (N-methyl/N-ethyl adjacent to an activating group) is 1. The number of benzene rings is 1. The molecule has 0 radical (unpaired) electrons. The van der Waals surface area contributed by atoms with E-state index in [9.17, 15) is 0 Å². The van der Waals surface area contributed by atoms with Crippen molar-refractivity contribution >= 4 is 5.69 Å². The summed E-state index contributed by atoms with van der Waals surface area (Å²) in [7, 11) is 3.79. The summed E-state index contributed by atoms with van der Waals surface area (Å²) in [4.78, 5) is 4.79. The Morgan fingerprint density at radius 2 is 2.05 bits per heavy atom. The second-order valence-electron chi connectivity index (χ2n) is 5.10. The van der Waals surface area contributed by atoms with Crippen molar-refractivity contribution in [2.75, 3.05) is 58.7 Å². The topological polar surface area (TPSA) is 51.5 Å². The van der Waals surface area contributed by atoms with E-state index in [1.54, 1.807) is 13.2 Å². The lowest BCUT2D eigenvalue weighted by molar-refractivity contribution is 0.158. The summed E-state index contributed by atoms with van der Waals surface area (Å²) >= 11 is 0. The van der Waals surface area contributed by atoms with Gasteiger partial charge in [-0.05, 0) is 19.2 Å². The Balaban J connectivity index is 1.86. The zero-order valence-electron chi connectivity index (χ0n) is 12.2. The average Bonchev–Trinajstić information content (AvgIpc) is 2.49. The van der Waals surface area contributed by atoms with Gasteiger partial charge in [-0.2, -0.15) is 5.26 Å². The van der Waals surface area contributed by atoms with Crippen molar-refractivity contribution in [1.82, 2.24) is 9.80 Å². The van der Waals surface area contributed by atoms with Gasteiger partial charge >= 0.3 is 0 Å². The summed E-state index contributed by atoms with van der Waals surface area (Å²) in [6.45, 7) is 6.31. The van der Waals surface area contributed by atoms with Crippen molar-refractivity contribution in [2.24, 2.45) is 0 Å². The van der Waals surface area contributed by atoms with Gasteiger partial charge in [0.25, 0.3) is 0 Å². The normalized spacial score (nSPS) is 16.6. The Hall–Kier alpha value is -1.77.